The van der Waals surface area contributed by atoms with E-state index < -0.39 is 0 Å². The van der Waals surface area contributed by atoms with Crippen LogP contribution in [0.1, 0.15) is 15.9 Å². The third-order valence-electron chi connectivity index (χ3n) is 4.10. The summed E-state index contributed by atoms with van der Waals surface area (Å²) in [5.41, 5.74) is 2.64. The van der Waals surface area contributed by atoms with Crippen molar-refractivity contribution < 1.29 is 9.53 Å². The van der Waals surface area contributed by atoms with Gasteiger partial charge in [0.25, 0.3) is 5.91 Å². The lowest BCUT2D eigenvalue weighted by Crippen LogP contribution is -2.37. The zero-order valence-electron chi connectivity index (χ0n) is 13.1. The van der Waals surface area contributed by atoms with Gasteiger partial charge in [-0.15, -0.1) is 0 Å². The summed E-state index contributed by atoms with van der Waals surface area (Å²) in [7, 11) is 0. The van der Waals surface area contributed by atoms with Gasteiger partial charge in [-0.2, -0.15) is 0 Å². The van der Waals surface area contributed by atoms with Gasteiger partial charge in [0.15, 0.2) is 0 Å². The Morgan fingerprint density at radius 2 is 1.96 bits per heavy atom. The molecule has 5 heteroatoms. The molecule has 1 aliphatic rings. The molecular formula is C19H17N3O2. The summed E-state index contributed by atoms with van der Waals surface area (Å²) in [6.07, 6.45) is 5.46. The Morgan fingerprint density at radius 3 is 2.75 bits per heavy atom. The zero-order valence-corrected chi connectivity index (χ0v) is 13.1. The molecule has 120 valence electrons. The maximum atomic E-state index is 12.8. The van der Waals surface area contributed by atoms with Gasteiger partial charge in [-0.25, -0.2) is 4.98 Å². The van der Waals surface area contributed by atoms with Crippen molar-refractivity contribution in [3.05, 3.63) is 78.4 Å². The summed E-state index contributed by atoms with van der Waals surface area (Å²) in [6, 6.07) is 15.4. The van der Waals surface area contributed by atoms with Gasteiger partial charge in [0, 0.05) is 24.5 Å². The maximum Gasteiger partial charge on any atom is 0.258 e. The highest BCUT2D eigenvalue weighted by atomic mass is 16.5. The summed E-state index contributed by atoms with van der Waals surface area (Å²) >= 11 is 0. The van der Waals surface area contributed by atoms with Crippen LogP contribution in [0.5, 0.6) is 5.75 Å². The van der Waals surface area contributed by atoms with Crippen LogP contribution in [-0.4, -0.2) is 28.6 Å². The fourth-order valence-corrected chi connectivity index (χ4v) is 2.88. The minimum atomic E-state index is -0.0000640. The number of carbonyl (C=O) groups is 1. The van der Waals surface area contributed by atoms with Crippen molar-refractivity contribution in [1.82, 2.24) is 9.55 Å². The molecule has 3 aromatic rings. The molecule has 0 unspecified atom stereocenters. The number of benzene rings is 2. The quantitative estimate of drug-likeness (QED) is 0.745. The zero-order chi connectivity index (χ0) is 16.4. The van der Waals surface area contributed by atoms with Crippen molar-refractivity contribution in [2.75, 3.05) is 18.1 Å². The fourth-order valence-electron chi connectivity index (χ4n) is 2.88. The number of para-hydroxylation sites is 2. The summed E-state index contributed by atoms with van der Waals surface area (Å²) in [6.45, 7) is 1.82. The first-order chi connectivity index (χ1) is 11.8. The van der Waals surface area contributed by atoms with Crippen molar-refractivity contribution in [3.63, 3.8) is 0 Å². The summed E-state index contributed by atoms with van der Waals surface area (Å²) < 4.78 is 7.61. The van der Waals surface area contributed by atoms with E-state index in [1.54, 1.807) is 17.4 Å². The van der Waals surface area contributed by atoms with Crippen molar-refractivity contribution in [2.24, 2.45) is 0 Å². The summed E-state index contributed by atoms with van der Waals surface area (Å²) in [5, 5.41) is 0. The molecule has 1 amide bonds. The molecule has 0 bridgehead atoms. The van der Waals surface area contributed by atoms with Crippen LogP contribution in [0.15, 0.2) is 67.3 Å². The van der Waals surface area contributed by atoms with Gasteiger partial charge in [0.1, 0.15) is 12.4 Å². The van der Waals surface area contributed by atoms with E-state index in [-0.39, 0.29) is 5.91 Å². The molecule has 0 fully saturated rings. The number of rotatable bonds is 3. The van der Waals surface area contributed by atoms with Gasteiger partial charge in [-0.05, 0) is 29.8 Å². The van der Waals surface area contributed by atoms with E-state index in [1.165, 1.54) is 0 Å². The SMILES string of the molecule is O=C(c1ccc(Cn2ccnc2)cc1)N1CCOc2ccccc21. The van der Waals surface area contributed by atoms with Crippen LogP contribution in [0.3, 0.4) is 0 Å². The van der Waals surface area contributed by atoms with Crippen LogP contribution in [0, 0.1) is 0 Å². The van der Waals surface area contributed by atoms with Crippen molar-refractivity contribution in [2.45, 2.75) is 6.54 Å². The Hall–Kier alpha value is -3.08. The van der Waals surface area contributed by atoms with Crippen LogP contribution in [0.25, 0.3) is 0 Å². The lowest BCUT2D eigenvalue weighted by Gasteiger charge is -2.29. The molecule has 1 aromatic heterocycles. The van der Waals surface area contributed by atoms with E-state index in [2.05, 4.69) is 4.98 Å². The average Bonchev–Trinajstić information content (AvgIpc) is 3.14. The highest BCUT2D eigenvalue weighted by molar-refractivity contribution is 6.07. The molecule has 2 aromatic carbocycles. The van der Waals surface area contributed by atoms with E-state index in [0.717, 1.165) is 23.5 Å². The number of fused-ring (bicyclic) bond motifs is 1. The Bertz CT molecular complexity index is 841. The first kappa shape index (κ1) is 14.5. The minimum Gasteiger partial charge on any atom is -0.490 e. The second-order valence-corrected chi connectivity index (χ2v) is 5.70. The molecule has 0 spiro atoms. The van der Waals surface area contributed by atoms with Crippen LogP contribution < -0.4 is 9.64 Å². The molecular weight excluding hydrogens is 302 g/mol. The highest BCUT2D eigenvalue weighted by Crippen LogP contribution is 2.31. The Morgan fingerprint density at radius 1 is 1.12 bits per heavy atom. The molecule has 0 N–H and O–H groups in total. The average molecular weight is 319 g/mol. The van der Waals surface area contributed by atoms with E-state index in [9.17, 15) is 4.79 Å². The van der Waals surface area contributed by atoms with Crippen LogP contribution >= 0.6 is 0 Å². The van der Waals surface area contributed by atoms with Crippen LogP contribution in [0.2, 0.25) is 0 Å². The Balaban J connectivity index is 1.55. The Kier molecular flexibility index (Phi) is 3.75. The predicted molar refractivity (Wildman–Crippen MR) is 91.4 cm³/mol. The number of anilines is 1. The van der Waals surface area contributed by atoms with Crippen molar-refractivity contribution in [3.8, 4) is 5.75 Å². The Labute approximate surface area is 140 Å². The molecule has 1 aliphatic heterocycles. The number of nitrogens with zero attached hydrogens (tertiary/aromatic N) is 3. The second-order valence-electron chi connectivity index (χ2n) is 5.70. The third kappa shape index (κ3) is 2.76. The largest absolute Gasteiger partial charge is 0.490 e. The molecule has 5 nitrogen and oxygen atoms in total. The topological polar surface area (TPSA) is 47.4 Å². The number of amides is 1. The van der Waals surface area contributed by atoms with E-state index in [1.807, 2.05) is 59.3 Å². The molecule has 0 radical (unpaired) electrons. The van der Waals surface area contributed by atoms with Crippen molar-refractivity contribution in [1.29, 1.82) is 0 Å². The lowest BCUT2D eigenvalue weighted by atomic mass is 10.1. The molecule has 4 rings (SSSR count). The number of carbonyl (C=O) groups excluding carboxylic acids is 1. The van der Waals surface area contributed by atoms with Gasteiger partial charge in [0.05, 0.1) is 18.6 Å². The molecule has 0 aliphatic carbocycles. The lowest BCUT2D eigenvalue weighted by molar-refractivity contribution is 0.0976. The van der Waals surface area contributed by atoms with Crippen molar-refractivity contribution >= 4 is 11.6 Å². The number of hydrogen-bond acceptors (Lipinski definition) is 3. The molecule has 24 heavy (non-hydrogen) atoms. The smallest absolute Gasteiger partial charge is 0.258 e. The summed E-state index contributed by atoms with van der Waals surface area (Å²) in [5.74, 6) is 0.758. The van der Waals surface area contributed by atoms with E-state index in [0.29, 0.717) is 18.7 Å². The minimum absolute atomic E-state index is 0.0000640. The predicted octanol–water partition coefficient (Wildman–Crippen LogP) is 2.97. The normalized spacial score (nSPS) is 13.2. The van der Waals surface area contributed by atoms with Gasteiger partial charge in [-0.3, -0.25) is 4.79 Å². The summed E-state index contributed by atoms with van der Waals surface area (Å²) in [4.78, 5) is 18.7. The molecule has 0 saturated carbocycles. The number of aromatic nitrogens is 2. The fraction of sp³-hybridized carbons (Fsp3) is 0.158. The number of hydrogen-bond donors (Lipinski definition) is 0. The molecule has 2 heterocycles. The standard InChI is InChI=1S/C19H17N3O2/c23-19(22-11-12-24-18-4-2-1-3-17(18)22)16-7-5-15(6-8-16)13-21-10-9-20-14-21/h1-10,14H,11-13H2. The van der Waals surface area contributed by atoms with E-state index >= 15 is 0 Å². The van der Waals surface area contributed by atoms with E-state index in [4.69, 9.17) is 4.74 Å². The number of ether oxygens (including phenoxy) is 1. The number of imidazole rings is 1. The molecule has 0 saturated heterocycles. The van der Waals surface area contributed by atoms with Gasteiger partial charge >= 0.3 is 0 Å². The van der Waals surface area contributed by atoms with Gasteiger partial charge in [0.2, 0.25) is 0 Å². The van der Waals surface area contributed by atoms with Gasteiger partial charge in [-0.1, -0.05) is 24.3 Å². The monoisotopic (exact) mass is 319 g/mol. The first-order valence-electron chi connectivity index (χ1n) is 7.89. The van der Waals surface area contributed by atoms with Crippen LogP contribution in [-0.2, 0) is 6.54 Å². The third-order valence-corrected chi connectivity index (χ3v) is 4.10. The van der Waals surface area contributed by atoms with Gasteiger partial charge < -0.3 is 14.2 Å². The second kappa shape index (κ2) is 6.20. The highest BCUT2D eigenvalue weighted by Gasteiger charge is 2.24. The molecule has 0 atom stereocenters. The maximum absolute atomic E-state index is 12.8. The first-order valence-corrected chi connectivity index (χ1v) is 7.89. The van der Waals surface area contributed by atoms with Crippen LogP contribution in [0.4, 0.5) is 5.69 Å².